The van der Waals surface area contributed by atoms with E-state index in [1.165, 1.54) is 0 Å². The summed E-state index contributed by atoms with van der Waals surface area (Å²) in [6.45, 7) is 8.40. The van der Waals surface area contributed by atoms with Crippen molar-refractivity contribution in [3.63, 3.8) is 0 Å². The molecule has 4 rings (SSSR count). The number of carbonyl (C=O) groups is 1. The predicted octanol–water partition coefficient (Wildman–Crippen LogP) is 5.15. The lowest BCUT2D eigenvalue weighted by molar-refractivity contribution is 0.102. The van der Waals surface area contributed by atoms with Crippen LogP contribution in [0, 0.1) is 12.3 Å². The zero-order chi connectivity index (χ0) is 25.0. The van der Waals surface area contributed by atoms with Gasteiger partial charge in [-0.3, -0.25) is 19.9 Å². The Morgan fingerprint density at radius 2 is 1.77 bits per heavy atom. The molecule has 0 unspecified atom stereocenters. The molecule has 0 saturated heterocycles. The summed E-state index contributed by atoms with van der Waals surface area (Å²) in [6.07, 6.45) is 0.898. The van der Waals surface area contributed by atoms with Gasteiger partial charge in [-0.2, -0.15) is 0 Å². The number of H-pyrrole nitrogens is 1. The summed E-state index contributed by atoms with van der Waals surface area (Å²) in [5.41, 5.74) is 2.60. The lowest BCUT2D eigenvalue weighted by Gasteiger charge is -2.18. The van der Waals surface area contributed by atoms with E-state index in [1.807, 2.05) is 42.5 Å². The first kappa shape index (κ1) is 23.9. The van der Waals surface area contributed by atoms with Crippen LogP contribution in [0.5, 0.6) is 5.75 Å². The van der Waals surface area contributed by atoms with E-state index in [4.69, 9.17) is 9.26 Å². The summed E-state index contributed by atoms with van der Waals surface area (Å²) in [6, 6.07) is 18.5. The van der Waals surface area contributed by atoms with Crippen LogP contribution >= 0.6 is 0 Å². The highest BCUT2D eigenvalue weighted by Crippen LogP contribution is 2.26. The third-order valence-electron chi connectivity index (χ3n) is 5.16. The molecule has 35 heavy (non-hydrogen) atoms. The van der Waals surface area contributed by atoms with Gasteiger partial charge in [-0.15, -0.1) is 0 Å². The van der Waals surface area contributed by atoms with Crippen molar-refractivity contribution in [1.29, 1.82) is 0 Å². The fourth-order valence-electron chi connectivity index (χ4n) is 3.60. The summed E-state index contributed by atoms with van der Waals surface area (Å²) in [5, 5.41) is 6.64. The molecule has 0 spiro atoms. The van der Waals surface area contributed by atoms with Crippen molar-refractivity contribution in [2.75, 3.05) is 5.32 Å². The standard InChI is InChI=1S/C27H28N4O4/c1-17-14-21(31-35-17)22-23(34-16-19-8-6-5-7-9-19)25(33)30-26(28-22)29-24(32)20-12-10-18(11-13-20)15-27(2,3)4/h5-14H,15-16H2,1-4H3,(H2,28,29,30,32,33). The van der Waals surface area contributed by atoms with Gasteiger partial charge in [-0.1, -0.05) is 68.4 Å². The first-order valence-electron chi connectivity index (χ1n) is 11.3. The van der Waals surface area contributed by atoms with Gasteiger partial charge < -0.3 is 9.26 Å². The third-order valence-corrected chi connectivity index (χ3v) is 5.16. The largest absolute Gasteiger partial charge is 0.481 e. The van der Waals surface area contributed by atoms with Crippen LogP contribution in [0.4, 0.5) is 5.95 Å². The van der Waals surface area contributed by atoms with Gasteiger partial charge in [0.2, 0.25) is 11.7 Å². The summed E-state index contributed by atoms with van der Waals surface area (Å²) in [7, 11) is 0. The molecule has 0 radical (unpaired) electrons. The third kappa shape index (κ3) is 6.23. The first-order chi connectivity index (χ1) is 16.7. The minimum atomic E-state index is -0.539. The Hall–Kier alpha value is -4.20. The highest BCUT2D eigenvalue weighted by Gasteiger charge is 2.20. The number of nitrogens with one attached hydrogen (secondary N) is 2. The monoisotopic (exact) mass is 472 g/mol. The van der Waals surface area contributed by atoms with Gasteiger partial charge in [0.15, 0.2) is 0 Å². The molecule has 0 saturated carbocycles. The lowest BCUT2D eigenvalue weighted by atomic mass is 9.88. The molecule has 2 N–H and O–H groups in total. The maximum absolute atomic E-state index is 12.9. The number of aromatic amines is 1. The van der Waals surface area contributed by atoms with E-state index < -0.39 is 11.5 Å². The molecule has 8 heteroatoms. The number of ether oxygens (including phenoxy) is 1. The normalized spacial score (nSPS) is 11.3. The number of anilines is 1. The number of benzene rings is 2. The summed E-state index contributed by atoms with van der Waals surface area (Å²) in [5.74, 6) is 0.140. The Labute approximate surface area is 203 Å². The summed E-state index contributed by atoms with van der Waals surface area (Å²) in [4.78, 5) is 32.8. The van der Waals surface area contributed by atoms with Gasteiger partial charge in [-0.05, 0) is 42.0 Å². The topological polar surface area (TPSA) is 110 Å². The van der Waals surface area contributed by atoms with Crippen LogP contribution in [0.3, 0.4) is 0 Å². The van der Waals surface area contributed by atoms with Gasteiger partial charge in [0.05, 0.1) is 0 Å². The van der Waals surface area contributed by atoms with Crippen LogP contribution in [-0.4, -0.2) is 21.0 Å². The molecular formula is C27H28N4O4. The number of aromatic nitrogens is 3. The maximum atomic E-state index is 12.9. The Morgan fingerprint density at radius 3 is 2.40 bits per heavy atom. The average molecular weight is 473 g/mol. The molecule has 2 heterocycles. The van der Waals surface area contributed by atoms with Crippen LogP contribution in [0.15, 0.2) is 70.0 Å². The zero-order valence-electron chi connectivity index (χ0n) is 20.2. The Kier molecular flexibility index (Phi) is 6.82. The van der Waals surface area contributed by atoms with E-state index in [9.17, 15) is 9.59 Å². The molecule has 0 bridgehead atoms. The number of nitrogens with zero attached hydrogens (tertiary/aromatic N) is 2. The van der Waals surface area contributed by atoms with E-state index in [2.05, 4.69) is 41.2 Å². The van der Waals surface area contributed by atoms with Crippen LogP contribution in [0.1, 0.15) is 48.0 Å². The van der Waals surface area contributed by atoms with Crippen molar-refractivity contribution in [2.45, 2.75) is 40.7 Å². The van der Waals surface area contributed by atoms with E-state index in [1.54, 1.807) is 25.1 Å². The molecular weight excluding hydrogens is 444 g/mol. The fourth-order valence-corrected chi connectivity index (χ4v) is 3.60. The van der Waals surface area contributed by atoms with E-state index in [0.717, 1.165) is 17.5 Å². The molecule has 8 nitrogen and oxygen atoms in total. The summed E-state index contributed by atoms with van der Waals surface area (Å²) >= 11 is 0. The predicted molar refractivity (Wildman–Crippen MR) is 133 cm³/mol. The SMILES string of the molecule is Cc1cc(-c2nc(NC(=O)c3ccc(CC(C)(C)C)cc3)[nH]c(=O)c2OCc2ccccc2)no1. The Morgan fingerprint density at radius 1 is 1.06 bits per heavy atom. The van der Waals surface area contributed by atoms with E-state index >= 15 is 0 Å². The molecule has 2 aromatic heterocycles. The molecule has 0 atom stereocenters. The minimum Gasteiger partial charge on any atom is -0.481 e. The molecule has 0 aliphatic heterocycles. The number of rotatable bonds is 7. The second kappa shape index (κ2) is 9.97. The van der Waals surface area contributed by atoms with Crippen LogP contribution < -0.4 is 15.6 Å². The number of aryl methyl sites for hydroxylation is 1. The maximum Gasteiger partial charge on any atom is 0.295 e. The van der Waals surface area contributed by atoms with Crippen molar-refractivity contribution in [1.82, 2.24) is 15.1 Å². The first-order valence-corrected chi connectivity index (χ1v) is 11.3. The molecule has 2 aromatic carbocycles. The van der Waals surface area contributed by atoms with Crippen molar-refractivity contribution in [3.8, 4) is 17.1 Å². The van der Waals surface area contributed by atoms with Crippen LogP contribution in [-0.2, 0) is 13.0 Å². The van der Waals surface area contributed by atoms with Crippen LogP contribution in [0.25, 0.3) is 11.4 Å². The Bertz CT molecular complexity index is 1370. The second-order valence-corrected chi connectivity index (χ2v) is 9.58. The Balaban J connectivity index is 1.59. The van der Waals surface area contributed by atoms with Crippen molar-refractivity contribution in [3.05, 3.63) is 93.5 Å². The smallest absolute Gasteiger partial charge is 0.295 e. The summed E-state index contributed by atoms with van der Waals surface area (Å²) < 4.78 is 11.0. The highest BCUT2D eigenvalue weighted by atomic mass is 16.5. The lowest BCUT2D eigenvalue weighted by Crippen LogP contribution is -2.21. The van der Waals surface area contributed by atoms with Crippen LogP contribution in [0.2, 0.25) is 0 Å². The van der Waals surface area contributed by atoms with E-state index in [0.29, 0.717) is 17.0 Å². The molecule has 180 valence electrons. The van der Waals surface area contributed by atoms with Crippen molar-refractivity contribution in [2.24, 2.45) is 5.41 Å². The zero-order valence-corrected chi connectivity index (χ0v) is 20.2. The quantitative estimate of drug-likeness (QED) is 0.385. The minimum absolute atomic E-state index is 0.00770. The molecule has 4 aromatic rings. The van der Waals surface area contributed by atoms with Gasteiger partial charge in [0.1, 0.15) is 23.8 Å². The average Bonchev–Trinajstić information content (AvgIpc) is 3.24. The molecule has 1 amide bonds. The second-order valence-electron chi connectivity index (χ2n) is 9.58. The number of hydrogen-bond donors (Lipinski definition) is 2. The van der Waals surface area contributed by atoms with Crippen molar-refractivity contribution < 1.29 is 14.1 Å². The highest BCUT2D eigenvalue weighted by molar-refractivity contribution is 6.03. The van der Waals surface area contributed by atoms with Gasteiger partial charge in [0.25, 0.3) is 11.5 Å². The fraction of sp³-hybridized carbons (Fsp3) is 0.259. The van der Waals surface area contributed by atoms with Gasteiger partial charge >= 0.3 is 0 Å². The molecule has 0 aliphatic carbocycles. The molecule has 0 fully saturated rings. The van der Waals surface area contributed by atoms with Gasteiger partial charge in [-0.25, -0.2) is 4.98 Å². The van der Waals surface area contributed by atoms with E-state index in [-0.39, 0.29) is 29.4 Å². The number of hydrogen-bond acceptors (Lipinski definition) is 6. The number of carbonyl (C=O) groups excluding carboxylic acids is 1. The number of amides is 1. The molecule has 0 aliphatic rings. The van der Waals surface area contributed by atoms with Crippen molar-refractivity contribution >= 4 is 11.9 Å². The van der Waals surface area contributed by atoms with Gasteiger partial charge in [0, 0.05) is 11.6 Å².